The number of aliphatic hydroxyl groups excluding tert-OH is 1. The summed E-state index contributed by atoms with van der Waals surface area (Å²) < 4.78 is 0. The first-order valence-corrected chi connectivity index (χ1v) is 5.98. The number of rotatable bonds is 4. The Kier molecular flexibility index (Phi) is 3.64. The Labute approximate surface area is 102 Å². The number of hydrogen-bond acceptors (Lipinski definition) is 4. The lowest BCUT2D eigenvalue weighted by atomic mass is 10.2. The summed E-state index contributed by atoms with van der Waals surface area (Å²) in [7, 11) is 0. The summed E-state index contributed by atoms with van der Waals surface area (Å²) in [6.45, 7) is 6.87. The molecular formula is C13H19N3O. The van der Waals surface area contributed by atoms with Crippen molar-refractivity contribution in [3.05, 3.63) is 30.5 Å². The molecule has 0 spiro atoms. The van der Waals surface area contributed by atoms with E-state index in [0.717, 1.165) is 36.7 Å². The standard InChI is InChI=1S/C13H19N3O/c1-10(2)14-12-6-3-7-13(15-12)16-8-4-5-11(16)9-17/h3,6-7,11,17H,1,4-5,8-9H2,2H3,(H,14,15). The Morgan fingerprint density at radius 2 is 2.47 bits per heavy atom. The van der Waals surface area contributed by atoms with Crippen molar-refractivity contribution in [1.29, 1.82) is 0 Å². The number of anilines is 2. The van der Waals surface area contributed by atoms with Crippen molar-refractivity contribution in [2.75, 3.05) is 23.4 Å². The summed E-state index contributed by atoms with van der Waals surface area (Å²) in [5.41, 5.74) is 0.870. The topological polar surface area (TPSA) is 48.4 Å². The van der Waals surface area contributed by atoms with E-state index in [-0.39, 0.29) is 12.6 Å². The van der Waals surface area contributed by atoms with Crippen LogP contribution in [0.4, 0.5) is 11.6 Å². The van der Waals surface area contributed by atoms with E-state index in [1.165, 1.54) is 0 Å². The quantitative estimate of drug-likeness (QED) is 0.835. The fraction of sp³-hybridized carbons (Fsp3) is 0.462. The molecule has 1 aliphatic heterocycles. The first-order valence-electron chi connectivity index (χ1n) is 5.98. The molecule has 1 aliphatic rings. The summed E-state index contributed by atoms with van der Waals surface area (Å²) >= 11 is 0. The van der Waals surface area contributed by atoms with Crippen molar-refractivity contribution in [3.63, 3.8) is 0 Å². The Balaban J connectivity index is 2.17. The van der Waals surface area contributed by atoms with Gasteiger partial charge in [0.05, 0.1) is 12.6 Å². The van der Waals surface area contributed by atoms with Crippen LogP contribution < -0.4 is 10.2 Å². The Bertz CT molecular complexity index is 405. The van der Waals surface area contributed by atoms with Crippen molar-refractivity contribution >= 4 is 11.6 Å². The van der Waals surface area contributed by atoms with E-state index in [9.17, 15) is 5.11 Å². The third-order valence-corrected chi connectivity index (χ3v) is 2.96. The Morgan fingerprint density at radius 3 is 3.18 bits per heavy atom. The maximum atomic E-state index is 9.31. The molecule has 2 heterocycles. The van der Waals surface area contributed by atoms with Gasteiger partial charge in [-0.3, -0.25) is 0 Å². The van der Waals surface area contributed by atoms with Gasteiger partial charge in [-0.15, -0.1) is 0 Å². The fourth-order valence-corrected chi connectivity index (χ4v) is 2.20. The second kappa shape index (κ2) is 5.19. The molecule has 0 saturated carbocycles. The number of pyridine rings is 1. The lowest BCUT2D eigenvalue weighted by Crippen LogP contribution is -2.32. The lowest BCUT2D eigenvalue weighted by Gasteiger charge is -2.24. The SMILES string of the molecule is C=C(C)Nc1cccc(N2CCCC2CO)n1. The lowest BCUT2D eigenvalue weighted by molar-refractivity contribution is 0.266. The van der Waals surface area contributed by atoms with Gasteiger partial charge in [0.15, 0.2) is 0 Å². The molecule has 4 nitrogen and oxygen atoms in total. The van der Waals surface area contributed by atoms with E-state index in [4.69, 9.17) is 0 Å². The molecule has 0 amide bonds. The van der Waals surface area contributed by atoms with Crippen LogP contribution in [0, 0.1) is 0 Å². The number of nitrogens with zero attached hydrogens (tertiary/aromatic N) is 2. The normalized spacial score (nSPS) is 19.4. The Hall–Kier alpha value is -1.55. The number of aliphatic hydroxyl groups is 1. The van der Waals surface area contributed by atoms with Crippen molar-refractivity contribution in [1.82, 2.24) is 4.98 Å². The van der Waals surface area contributed by atoms with Gasteiger partial charge in [0.2, 0.25) is 0 Å². The molecule has 1 atom stereocenters. The van der Waals surface area contributed by atoms with Gasteiger partial charge in [0, 0.05) is 12.2 Å². The van der Waals surface area contributed by atoms with Crippen LogP contribution in [0.15, 0.2) is 30.5 Å². The molecule has 1 saturated heterocycles. The Morgan fingerprint density at radius 1 is 1.65 bits per heavy atom. The molecule has 1 fully saturated rings. The molecular weight excluding hydrogens is 214 g/mol. The van der Waals surface area contributed by atoms with Gasteiger partial charge in [-0.25, -0.2) is 4.98 Å². The molecule has 2 rings (SSSR count). The molecule has 0 aliphatic carbocycles. The van der Waals surface area contributed by atoms with Crippen LogP contribution in [0.2, 0.25) is 0 Å². The number of allylic oxidation sites excluding steroid dienone is 1. The number of aromatic nitrogens is 1. The first-order chi connectivity index (χ1) is 8.20. The third-order valence-electron chi connectivity index (χ3n) is 2.96. The van der Waals surface area contributed by atoms with E-state index < -0.39 is 0 Å². The van der Waals surface area contributed by atoms with Gasteiger partial charge in [-0.2, -0.15) is 0 Å². The molecule has 0 radical (unpaired) electrons. The van der Waals surface area contributed by atoms with E-state index in [0.29, 0.717) is 0 Å². The molecule has 1 unspecified atom stereocenters. The van der Waals surface area contributed by atoms with Gasteiger partial charge in [-0.1, -0.05) is 12.6 Å². The summed E-state index contributed by atoms with van der Waals surface area (Å²) in [6, 6.07) is 6.09. The predicted octanol–water partition coefficient (Wildman–Crippen LogP) is 1.99. The minimum Gasteiger partial charge on any atom is -0.394 e. The van der Waals surface area contributed by atoms with Crippen LogP contribution in [0.1, 0.15) is 19.8 Å². The highest BCUT2D eigenvalue weighted by Crippen LogP contribution is 2.24. The second-order valence-electron chi connectivity index (χ2n) is 4.46. The molecule has 1 aromatic rings. The zero-order valence-corrected chi connectivity index (χ0v) is 10.2. The molecule has 2 N–H and O–H groups in total. The minimum absolute atomic E-state index is 0.194. The van der Waals surface area contributed by atoms with Crippen molar-refractivity contribution in [3.8, 4) is 0 Å². The fourth-order valence-electron chi connectivity index (χ4n) is 2.20. The van der Waals surface area contributed by atoms with Crippen LogP contribution >= 0.6 is 0 Å². The van der Waals surface area contributed by atoms with Crippen LogP contribution in [-0.2, 0) is 0 Å². The molecule has 92 valence electrons. The predicted molar refractivity (Wildman–Crippen MR) is 70.1 cm³/mol. The summed E-state index contributed by atoms with van der Waals surface area (Å²) in [4.78, 5) is 6.71. The highest BCUT2D eigenvalue weighted by Gasteiger charge is 2.24. The summed E-state index contributed by atoms with van der Waals surface area (Å²) in [5.74, 6) is 1.73. The van der Waals surface area contributed by atoms with E-state index >= 15 is 0 Å². The van der Waals surface area contributed by atoms with Crippen LogP contribution in [-0.4, -0.2) is 29.3 Å². The summed E-state index contributed by atoms with van der Waals surface area (Å²) in [6.07, 6.45) is 2.15. The smallest absolute Gasteiger partial charge is 0.132 e. The number of hydrogen-bond donors (Lipinski definition) is 2. The maximum absolute atomic E-state index is 9.31. The molecule has 1 aromatic heterocycles. The maximum Gasteiger partial charge on any atom is 0.132 e. The van der Waals surface area contributed by atoms with Crippen molar-refractivity contribution in [2.24, 2.45) is 0 Å². The minimum atomic E-state index is 0.194. The van der Waals surface area contributed by atoms with Crippen LogP contribution in [0.25, 0.3) is 0 Å². The van der Waals surface area contributed by atoms with E-state index in [1.807, 2.05) is 25.1 Å². The average molecular weight is 233 g/mol. The molecule has 17 heavy (non-hydrogen) atoms. The van der Waals surface area contributed by atoms with Gasteiger partial charge in [0.1, 0.15) is 11.6 Å². The number of nitrogens with one attached hydrogen (secondary N) is 1. The third kappa shape index (κ3) is 2.77. The molecule has 4 heteroatoms. The second-order valence-corrected chi connectivity index (χ2v) is 4.46. The summed E-state index contributed by atoms with van der Waals surface area (Å²) in [5, 5.41) is 12.4. The van der Waals surface area contributed by atoms with Crippen LogP contribution in [0.3, 0.4) is 0 Å². The van der Waals surface area contributed by atoms with Gasteiger partial charge in [0.25, 0.3) is 0 Å². The van der Waals surface area contributed by atoms with Gasteiger partial charge < -0.3 is 15.3 Å². The monoisotopic (exact) mass is 233 g/mol. The highest BCUT2D eigenvalue weighted by atomic mass is 16.3. The zero-order valence-electron chi connectivity index (χ0n) is 10.2. The van der Waals surface area contributed by atoms with Crippen molar-refractivity contribution < 1.29 is 5.11 Å². The van der Waals surface area contributed by atoms with Gasteiger partial charge in [-0.05, 0) is 31.9 Å². The van der Waals surface area contributed by atoms with E-state index in [2.05, 4.69) is 21.8 Å². The highest BCUT2D eigenvalue weighted by molar-refractivity contribution is 5.50. The largest absolute Gasteiger partial charge is 0.394 e. The first kappa shape index (κ1) is 11.9. The molecule has 0 bridgehead atoms. The van der Waals surface area contributed by atoms with Crippen LogP contribution in [0.5, 0.6) is 0 Å². The molecule has 0 aromatic carbocycles. The van der Waals surface area contributed by atoms with E-state index in [1.54, 1.807) is 0 Å². The van der Waals surface area contributed by atoms with Crippen molar-refractivity contribution in [2.45, 2.75) is 25.8 Å². The zero-order chi connectivity index (χ0) is 12.3. The average Bonchev–Trinajstić information content (AvgIpc) is 2.76. The van der Waals surface area contributed by atoms with Gasteiger partial charge >= 0.3 is 0 Å².